The van der Waals surface area contributed by atoms with Crippen molar-refractivity contribution in [3.63, 3.8) is 0 Å². The lowest BCUT2D eigenvalue weighted by molar-refractivity contribution is -0.385. The van der Waals surface area contributed by atoms with E-state index in [1.54, 1.807) is 0 Å². The summed E-state index contributed by atoms with van der Waals surface area (Å²) in [6.07, 6.45) is 0.473. The van der Waals surface area contributed by atoms with E-state index in [0.717, 1.165) is 12.1 Å². The van der Waals surface area contributed by atoms with E-state index in [4.69, 9.17) is 0 Å². The summed E-state index contributed by atoms with van der Waals surface area (Å²) in [6.45, 7) is 0. The van der Waals surface area contributed by atoms with Crippen molar-refractivity contribution in [2.75, 3.05) is 0 Å². The minimum atomic E-state index is -4.85. The lowest BCUT2D eigenvalue weighted by Gasteiger charge is -2.12. The maximum Gasteiger partial charge on any atom is 0.311 e. The number of hydrogen-bond donors (Lipinski definition) is 1. The smallest absolute Gasteiger partial charge is 0.311 e. The summed E-state index contributed by atoms with van der Waals surface area (Å²) in [4.78, 5) is 21.7. The maximum atomic E-state index is 14.3. The van der Waals surface area contributed by atoms with Gasteiger partial charge in [0, 0.05) is 10.5 Å². The van der Waals surface area contributed by atoms with Crippen LogP contribution >= 0.6 is 15.9 Å². The third-order valence-corrected chi connectivity index (χ3v) is 6.97. The number of sulfone groups is 1. The summed E-state index contributed by atoms with van der Waals surface area (Å²) in [6, 6.07) is 7.92. The molecule has 3 aromatic carbocycles. The number of allylic oxidation sites excluding steroid dienone is 1. The molecule has 0 aromatic heterocycles. The fourth-order valence-electron chi connectivity index (χ4n) is 3.03. The molecule has 0 saturated heterocycles. The molecule has 0 amide bonds. The number of hydrogen-bond acceptors (Lipinski definition) is 6. The molecule has 3 rings (SSSR count). The molecule has 3 aromatic rings. The Labute approximate surface area is 207 Å². The van der Waals surface area contributed by atoms with Crippen molar-refractivity contribution >= 4 is 43.3 Å². The average molecular weight is 592 g/mol. The zero-order chi connectivity index (χ0) is 26.9. The van der Waals surface area contributed by atoms with Crippen molar-refractivity contribution in [1.29, 1.82) is 0 Å². The number of halogens is 6. The van der Waals surface area contributed by atoms with Gasteiger partial charge in [0.25, 0.3) is 0 Å². The van der Waals surface area contributed by atoms with Gasteiger partial charge in [-0.25, -0.2) is 30.4 Å². The van der Waals surface area contributed by atoms with Crippen LogP contribution in [0.25, 0.3) is 6.08 Å². The maximum absolute atomic E-state index is 14.3. The molecular weight excluding hydrogens is 581 g/mol. The Bertz CT molecular complexity index is 1510. The Morgan fingerprint density at radius 1 is 0.944 bits per heavy atom. The lowest BCUT2D eigenvalue weighted by atomic mass is 10.1. The molecule has 0 aliphatic rings. The second-order valence-corrected chi connectivity index (χ2v) is 10.0. The van der Waals surface area contributed by atoms with Gasteiger partial charge in [-0.15, -0.1) is 0 Å². The van der Waals surface area contributed by atoms with Gasteiger partial charge >= 0.3 is 5.69 Å². The van der Waals surface area contributed by atoms with Crippen molar-refractivity contribution in [2.45, 2.75) is 5.75 Å². The number of nitro groups is 1. The first kappa shape index (κ1) is 26.9. The summed E-state index contributed by atoms with van der Waals surface area (Å²) in [5, 5.41) is 20.7. The number of carbonyl (C=O) groups is 1. The molecule has 36 heavy (non-hydrogen) atoms. The van der Waals surface area contributed by atoms with E-state index in [1.165, 1.54) is 24.3 Å². The summed E-state index contributed by atoms with van der Waals surface area (Å²) in [7, 11) is -4.85. The van der Waals surface area contributed by atoms with Gasteiger partial charge in [-0.2, -0.15) is 0 Å². The normalized spacial score (nSPS) is 12.0. The van der Waals surface area contributed by atoms with E-state index in [9.17, 15) is 50.4 Å². The fraction of sp³-hybridized carbons (Fsp3) is 0.0455. The molecule has 14 heteroatoms. The molecule has 0 saturated carbocycles. The molecule has 0 atom stereocenters. The van der Waals surface area contributed by atoms with Crippen molar-refractivity contribution in [1.82, 2.24) is 0 Å². The second-order valence-electron chi connectivity index (χ2n) is 7.17. The Morgan fingerprint density at radius 2 is 1.47 bits per heavy atom. The summed E-state index contributed by atoms with van der Waals surface area (Å²) >= 11 is 3.14. The van der Waals surface area contributed by atoms with E-state index in [2.05, 4.69) is 15.9 Å². The molecule has 0 aliphatic heterocycles. The number of rotatable bonds is 7. The Morgan fingerprint density at radius 3 is 2.00 bits per heavy atom. The number of ketones is 1. The Balaban J connectivity index is 2.27. The van der Waals surface area contributed by atoms with Gasteiger partial charge in [0.05, 0.1) is 10.7 Å². The molecule has 0 aliphatic carbocycles. The molecule has 1 N–H and O–H groups in total. The first-order chi connectivity index (χ1) is 16.7. The molecule has 0 heterocycles. The number of phenols is 1. The van der Waals surface area contributed by atoms with Gasteiger partial charge in [0.2, 0.25) is 11.6 Å². The third-order valence-electron chi connectivity index (χ3n) is 4.76. The van der Waals surface area contributed by atoms with Crippen LogP contribution < -0.4 is 0 Å². The van der Waals surface area contributed by atoms with Crippen molar-refractivity contribution in [3.8, 4) is 5.75 Å². The van der Waals surface area contributed by atoms with Crippen LogP contribution in [0.3, 0.4) is 0 Å². The average Bonchev–Trinajstić information content (AvgIpc) is 2.82. The quantitative estimate of drug-likeness (QED) is 0.0727. The zero-order valence-corrected chi connectivity index (χ0v) is 19.8. The second kappa shape index (κ2) is 10.1. The predicted molar refractivity (Wildman–Crippen MR) is 120 cm³/mol. The van der Waals surface area contributed by atoms with Crippen molar-refractivity contribution in [3.05, 3.63) is 108 Å². The van der Waals surface area contributed by atoms with E-state index in [-0.39, 0.29) is 5.56 Å². The minimum Gasteiger partial charge on any atom is -0.502 e. The molecule has 188 valence electrons. The number of aromatic hydroxyl groups is 1. The van der Waals surface area contributed by atoms with E-state index in [1.807, 2.05) is 0 Å². The molecule has 0 spiro atoms. The number of nitro benzene ring substituents is 1. The van der Waals surface area contributed by atoms with Crippen LogP contribution in [0.4, 0.5) is 27.6 Å². The van der Waals surface area contributed by atoms with Gasteiger partial charge in [-0.1, -0.05) is 34.1 Å². The van der Waals surface area contributed by atoms with Crippen molar-refractivity contribution < 1.29 is 45.2 Å². The number of carbonyl (C=O) groups excluding carboxylic acids is 1. The fourth-order valence-corrected chi connectivity index (χ4v) is 4.78. The van der Waals surface area contributed by atoms with E-state index in [0.29, 0.717) is 16.6 Å². The van der Waals surface area contributed by atoms with Crippen LogP contribution in [-0.2, 0) is 15.6 Å². The zero-order valence-electron chi connectivity index (χ0n) is 17.4. The highest BCUT2D eigenvalue weighted by Gasteiger charge is 2.35. The highest BCUT2D eigenvalue weighted by Crippen LogP contribution is 2.31. The number of nitrogens with zero attached hydrogens (tertiary/aromatic N) is 1. The lowest BCUT2D eigenvalue weighted by Crippen LogP contribution is -2.20. The predicted octanol–water partition coefficient (Wildman–Crippen LogP) is 5.60. The summed E-state index contributed by atoms with van der Waals surface area (Å²) in [5.74, 6) is -16.4. The van der Waals surface area contributed by atoms with Crippen LogP contribution in [0, 0.1) is 39.2 Å². The Kier molecular flexibility index (Phi) is 7.59. The third kappa shape index (κ3) is 5.28. The topological polar surface area (TPSA) is 115 Å². The Hall–Kier alpha value is -3.65. The van der Waals surface area contributed by atoms with Gasteiger partial charge in [0.15, 0.2) is 38.9 Å². The largest absolute Gasteiger partial charge is 0.502 e. The molecule has 0 unspecified atom stereocenters. The highest BCUT2D eigenvalue weighted by atomic mass is 79.9. The van der Waals surface area contributed by atoms with E-state index < -0.39 is 82.9 Å². The number of benzene rings is 3. The SMILES string of the molecule is O=C(/C(=C\c1ccc(O)c([N+](=O)[O-])c1)S(=O)(=O)Cc1ccc(Br)cc1)c1c(F)c(F)c(F)c(F)c1F. The van der Waals surface area contributed by atoms with E-state index >= 15 is 0 Å². The summed E-state index contributed by atoms with van der Waals surface area (Å²) < 4.78 is 96.5. The molecule has 7 nitrogen and oxygen atoms in total. The summed E-state index contributed by atoms with van der Waals surface area (Å²) in [5.41, 5.74) is -3.24. The van der Waals surface area contributed by atoms with Gasteiger partial charge in [-0.05, 0) is 35.4 Å². The molecule has 0 bridgehead atoms. The van der Waals surface area contributed by atoms with Crippen molar-refractivity contribution in [2.24, 2.45) is 0 Å². The highest BCUT2D eigenvalue weighted by molar-refractivity contribution is 9.10. The monoisotopic (exact) mass is 591 g/mol. The minimum absolute atomic E-state index is 0.0889. The van der Waals surface area contributed by atoms with Crippen LogP contribution in [-0.4, -0.2) is 24.2 Å². The van der Waals surface area contributed by atoms with Crippen LogP contribution in [0.1, 0.15) is 21.5 Å². The standard InChI is InChI=1S/C22H11BrF5NO6S/c23-12-4-1-10(2-5-12)9-36(34,35)15(8-11-3-6-14(30)13(7-11)29(32)33)22(31)16-17(24)19(26)21(28)20(27)18(16)25/h1-8,30H,9H2/b15-8+. The molecule has 0 radical (unpaired) electrons. The van der Waals surface area contributed by atoms with Gasteiger partial charge in [0.1, 0.15) is 10.5 Å². The van der Waals surface area contributed by atoms with Crippen LogP contribution in [0.15, 0.2) is 51.8 Å². The molecular formula is C22H11BrF5NO6S. The van der Waals surface area contributed by atoms with Gasteiger partial charge in [-0.3, -0.25) is 14.9 Å². The first-order valence-corrected chi connectivity index (χ1v) is 11.9. The van der Waals surface area contributed by atoms with Gasteiger partial charge < -0.3 is 5.11 Å². The first-order valence-electron chi connectivity index (χ1n) is 9.47. The van der Waals surface area contributed by atoms with Crippen LogP contribution in [0.2, 0.25) is 0 Å². The molecule has 0 fully saturated rings. The van der Waals surface area contributed by atoms with Crippen LogP contribution in [0.5, 0.6) is 5.75 Å². The number of phenolic OH excluding ortho intramolecular Hbond substituents is 1. The number of Topliss-reactive ketones (excluding diaryl/α,β-unsaturated/α-hetero) is 1.